The van der Waals surface area contributed by atoms with Crippen molar-refractivity contribution in [2.75, 3.05) is 13.1 Å². The van der Waals surface area contributed by atoms with Gasteiger partial charge in [-0.05, 0) is 13.3 Å². The minimum atomic E-state index is -0.359. The van der Waals surface area contributed by atoms with Gasteiger partial charge in [0.1, 0.15) is 0 Å². The molecule has 1 saturated heterocycles. The van der Waals surface area contributed by atoms with E-state index in [-0.39, 0.29) is 17.4 Å². The van der Waals surface area contributed by atoms with Crippen LogP contribution in [0.25, 0.3) is 0 Å². The minimum Gasteiger partial charge on any atom is -0.438 e. The van der Waals surface area contributed by atoms with E-state index in [4.69, 9.17) is 4.42 Å². The van der Waals surface area contributed by atoms with E-state index >= 15 is 0 Å². The third-order valence-electron chi connectivity index (χ3n) is 3.40. The lowest BCUT2D eigenvalue weighted by Crippen LogP contribution is -2.50. The number of aliphatic hydroxyl groups excluding tert-OH is 1. The number of aliphatic hydroxyl groups is 1. The van der Waals surface area contributed by atoms with Gasteiger partial charge in [0.05, 0.1) is 11.8 Å². The zero-order valence-electron chi connectivity index (χ0n) is 10.4. The molecule has 2 heterocycles. The minimum absolute atomic E-state index is 0.139. The van der Waals surface area contributed by atoms with E-state index in [9.17, 15) is 9.90 Å². The summed E-state index contributed by atoms with van der Waals surface area (Å²) >= 11 is 0. The number of rotatable bonds is 1. The second kappa shape index (κ2) is 4.14. The SMILES string of the molecule is Cc1ncoc1C(=O)N1CCC(O)C(C)(C)C1. The van der Waals surface area contributed by atoms with Crippen molar-refractivity contribution in [3.05, 3.63) is 17.8 Å². The Morgan fingerprint density at radius 2 is 2.35 bits per heavy atom. The number of nitrogens with zero attached hydrogens (tertiary/aromatic N) is 2. The molecule has 0 radical (unpaired) electrons. The molecule has 2 rings (SSSR count). The van der Waals surface area contributed by atoms with Gasteiger partial charge in [-0.2, -0.15) is 0 Å². The summed E-state index contributed by atoms with van der Waals surface area (Å²) in [5.41, 5.74) is 0.334. The smallest absolute Gasteiger partial charge is 0.291 e. The van der Waals surface area contributed by atoms with E-state index in [1.54, 1.807) is 11.8 Å². The molecule has 0 aromatic carbocycles. The lowest BCUT2D eigenvalue weighted by Gasteiger charge is -2.41. The van der Waals surface area contributed by atoms with Crippen molar-refractivity contribution in [2.24, 2.45) is 5.41 Å². The number of likely N-dealkylation sites (tertiary alicyclic amines) is 1. The number of aromatic nitrogens is 1. The highest BCUT2D eigenvalue weighted by molar-refractivity contribution is 5.92. The normalized spacial score (nSPS) is 23.8. The monoisotopic (exact) mass is 238 g/mol. The first-order valence-electron chi connectivity index (χ1n) is 5.79. The molecule has 1 fully saturated rings. The molecule has 1 amide bonds. The van der Waals surface area contributed by atoms with Gasteiger partial charge in [-0.15, -0.1) is 0 Å². The Bertz CT molecular complexity index is 425. The fourth-order valence-electron chi connectivity index (χ4n) is 2.17. The van der Waals surface area contributed by atoms with E-state index in [1.807, 2.05) is 13.8 Å². The van der Waals surface area contributed by atoms with Crippen molar-refractivity contribution in [3.8, 4) is 0 Å². The zero-order chi connectivity index (χ0) is 12.6. The lowest BCUT2D eigenvalue weighted by molar-refractivity contribution is -0.0191. The van der Waals surface area contributed by atoms with Crippen molar-refractivity contribution in [1.29, 1.82) is 0 Å². The van der Waals surface area contributed by atoms with Crippen LogP contribution in [0.5, 0.6) is 0 Å². The van der Waals surface area contributed by atoms with Crippen molar-refractivity contribution in [3.63, 3.8) is 0 Å². The van der Waals surface area contributed by atoms with Crippen LogP contribution in [-0.4, -0.2) is 40.1 Å². The molecule has 0 bridgehead atoms. The number of piperidine rings is 1. The third kappa shape index (κ3) is 2.20. The number of amides is 1. The molecular weight excluding hydrogens is 220 g/mol. The Hall–Kier alpha value is -1.36. The van der Waals surface area contributed by atoms with Crippen molar-refractivity contribution < 1.29 is 14.3 Å². The van der Waals surface area contributed by atoms with Gasteiger partial charge < -0.3 is 14.4 Å². The third-order valence-corrected chi connectivity index (χ3v) is 3.40. The maximum absolute atomic E-state index is 12.2. The average molecular weight is 238 g/mol. The first kappa shape index (κ1) is 12.1. The first-order chi connectivity index (χ1) is 7.92. The molecule has 1 aliphatic rings. The number of hydrogen-bond acceptors (Lipinski definition) is 4. The summed E-state index contributed by atoms with van der Waals surface area (Å²) in [6.07, 6.45) is 1.53. The Morgan fingerprint density at radius 1 is 1.65 bits per heavy atom. The summed E-state index contributed by atoms with van der Waals surface area (Å²) in [6.45, 7) is 6.77. The molecule has 1 aliphatic heterocycles. The van der Waals surface area contributed by atoms with Crippen LogP contribution >= 0.6 is 0 Å². The second-order valence-electron chi connectivity index (χ2n) is 5.29. The van der Waals surface area contributed by atoms with Crippen molar-refractivity contribution in [2.45, 2.75) is 33.3 Å². The van der Waals surface area contributed by atoms with Gasteiger partial charge >= 0.3 is 0 Å². The maximum atomic E-state index is 12.2. The van der Waals surface area contributed by atoms with Gasteiger partial charge in [0, 0.05) is 18.5 Å². The molecule has 1 aromatic rings. The highest BCUT2D eigenvalue weighted by Gasteiger charge is 2.37. The highest BCUT2D eigenvalue weighted by atomic mass is 16.3. The van der Waals surface area contributed by atoms with E-state index in [0.29, 0.717) is 31.0 Å². The van der Waals surface area contributed by atoms with E-state index in [0.717, 1.165) is 0 Å². The summed E-state index contributed by atoms with van der Waals surface area (Å²) in [4.78, 5) is 17.8. The van der Waals surface area contributed by atoms with Crippen LogP contribution in [0.1, 0.15) is 36.5 Å². The molecule has 1 aromatic heterocycles. The summed E-state index contributed by atoms with van der Waals surface area (Å²) in [5, 5.41) is 9.85. The summed E-state index contributed by atoms with van der Waals surface area (Å²) in [7, 11) is 0. The fraction of sp³-hybridized carbons (Fsp3) is 0.667. The summed E-state index contributed by atoms with van der Waals surface area (Å²) in [6, 6.07) is 0. The summed E-state index contributed by atoms with van der Waals surface area (Å²) in [5.74, 6) is 0.164. The van der Waals surface area contributed by atoms with Crippen LogP contribution in [-0.2, 0) is 0 Å². The van der Waals surface area contributed by atoms with Crippen LogP contribution in [0.4, 0.5) is 0 Å². The predicted molar refractivity (Wildman–Crippen MR) is 61.5 cm³/mol. The average Bonchev–Trinajstić information content (AvgIpc) is 2.67. The molecule has 94 valence electrons. The van der Waals surface area contributed by atoms with Crippen LogP contribution < -0.4 is 0 Å². The maximum Gasteiger partial charge on any atom is 0.291 e. The van der Waals surface area contributed by atoms with E-state index in [1.165, 1.54) is 6.39 Å². The topological polar surface area (TPSA) is 66.6 Å². The van der Waals surface area contributed by atoms with Gasteiger partial charge in [0.15, 0.2) is 6.39 Å². The van der Waals surface area contributed by atoms with E-state index < -0.39 is 0 Å². The highest BCUT2D eigenvalue weighted by Crippen LogP contribution is 2.30. The molecule has 0 aliphatic carbocycles. The first-order valence-corrected chi connectivity index (χ1v) is 5.79. The van der Waals surface area contributed by atoms with Gasteiger partial charge in [0.2, 0.25) is 5.76 Å². The van der Waals surface area contributed by atoms with Gasteiger partial charge in [-0.1, -0.05) is 13.8 Å². The Balaban J connectivity index is 2.15. The number of carbonyl (C=O) groups excluding carboxylic acids is 1. The van der Waals surface area contributed by atoms with Gasteiger partial charge in [0.25, 0.3) is 5.91 Å². The molecule has 1 atom stereocenters. The van der Waals surface area contributed by atoms with Crippen molar-refractivity contribution >= 4 is 5.91 Å². The predicted octanol–water partition coefficient (Wildman–Crippen LogP) is 1.22. The number of hydrogen-bond donors (Lipinski definition) is 1. The number of carbonyl (C=O) groups is 1. The molecule has 1 N–H and O–H groups in total. The lowest BCUT2D eigenvalue weighted by atomic mass is 9.81. The second-order valence-corrected chi connectivity index (χ2v) is 5.29. The van der Waals surface area contributed by atoms with Crippen LogP contribution in [0.2, 0.25) is 0 Å². The Kier molecular flexibility index (Phi) is 2.95. The van der Waals surface area contributed by atoms with Gasteiger partial charge in [-0.25, -0.2) is 4.98 Å². The zero-order valence-corrected chi connectivity index (χ0v) is 10.4. The largest absolute Gasteiger partial charge is 0.438 e. The molecule has 5 nitrogen and oxygen atoms in total. The molecule has 0 spiro atoms. The standard InChI is InChI=1S/C12H18N2O3/c1-8-10(17-7-13-8)11(16)14-5-4-9(15)12(2,3)6-14/h7,9,15H,4-6H2,1-3H3. The van der Waals surface area contributed by atoms with Crippen LogP contribution in [0.15, 0.2) is 10.8 Å². The van der Waals surface area contributed by atoms with E-state index in [2.05, 4.69) is 4.98 Å². The van der Waals surface area contributed by atoms with Crippen LogP contribution in [0, 0.1) is 12.3 Å². The molecule has 0 saturated carbocycles. The van der Waals surface area contributed by atoms with Crippen molar-refractivity contribution in [1.82, 2.24) is 9.88 Å². The number of oxazole rings is 1. The fourth-order valence-corrected chi connectivity index (χ4v) is 2.17. The molecule has 1 unspecified atom stereocenters. The van der Waals surface area contributed by atoms with Crippen LogP contribution in [0.3, 0.4) is 0 Å². The Labute approximate surface area is 100 Å². The van der Waals surface area contributed by atoms with Gasteiger partial charge in [-0.3, -0.25) is 4.79 Å². The quantitative estimate of drug-likeness (QED) is 0.798. The molecule has 17 heavy (non-hydrogen) atoms. The molecular formula is C12H18N2O3. The number of aryl methyl sites for hydroxylation is 1. The Morgan fingerprint density at radius 3 is 2.88 bits per heavy atom. The summed E-state index contributed by atoms with van der Waals surface area (Å²) < 4.78 is 5.11. The molecule has 5 heteroatoms.